The van der Waals surface area contributed by atoms with Gasteiger partial charge in [-0.15, -0.1) is 0 Å². The molecular formula is C11H26N2. The second-order valence-electron chi connectivity index (χ2n) is 4.10. The Morgan fingerprint density at radius 2 is 1.38 bits per heavy atom. The van der Waals surface area contributed by atoms with Crippen LogP contribution in [0.4, 0.5) is 0 Å². The zero-order valence-electron chi connectivity index (χ0n) is 9.31. The Balaban J connectivity index is 3.16. The van der Waals surface area contributed by atoms with Crippen LogP contribution in [0.15, 0.2) is 0 Å². The molecule has 80 valence electrons. The van der Waals surface area contributed by atoms with Crippen molar-refractivity contribution in [2.45, 2.75) is 70.9 Å². The Labute approximate surface area is 83.1 Å². The molecule has 0 rings (SSSR count). The Morgan fingerprint density at radius 3 is 1.92 bits per heavy atom. The zero-order valence-corrected chi connectivity index (χ0v) is 9.31. The zero-order chi connectivity index (χ0) is 10.2. The third kappa shape index (κ3) is 8.26. The molecule has 0 fully saturated rings. The third-order valence-corrected chi connectivity index (χ3v) is 2.65. The van der Waals surface area contributed by atoms with E-state index in [-0.39, 0.29) is 0 Å². The Kier molecular flexibility index (Phi) is 7.29. The SMILES string of the molecule is CCCCCCCCC(N)(N)CC. The van der Waals surface area contributed by atoms with Gasteiger partial charge in [-0.25, -0.2) is 0 Å². The van der Waals surface area contributed by atoms with Crippen molar-refractivity contribution in [3.05, 3.63) is 0 Å². The fourth-order valence-corrected chi connectivity index (χ4v) is 1.41. The predicted molar refractivity (Wildman–Crippen MR) is 59.4 cm³/mol. The fraction of sp³-hybridized carbons (Fsp3) is 1.00. The van der Waals surface area contributed by atoms with E-state index in [1.54, 1.807) is 0 Å². The average Bonchev–Trinajstić information content (AvgIpc) is 2.11. The quantitative estimate of drug-likeness (QED) is 0.452. The summed E-state index contributed by atoms with van der Waals surface area (Å²) in [5, 5.41) is 0. The minimum atomic E-state index is -0.412. The van der Waals surface area contributed by atoms with Gasteiger partial charge in [-0.05, 0) is 12.8 Å². The predicted octanol–water partition coefficient (Wildman–Crippen LogP) is 2.76. The lowest BCUT2D eigenvalue weighted by Gasteiger charge is -2.22. The van der Waals surface area contributed by atoms with E-state index in [0.717, 1.165) is 12.8 Å². The lowest BCUT2D eigenvalue weighted by atomic mass is 10.00. The molecule has 0 spiro atoms. The minimum absolute atomic E-state index is 0.412. The van der Waals surface area contributed by atoms with Gasteiger partial charge in [0.2, 0.25) is 0 Å². The third-order valence-electron chi connectivity index (χ3n) is 2.65. The highest BCUT2D eigenvalue weighted by atomic mass is 14.9. The highest BCUT2D eigenvalue weighted by Crippen LogP contribution is 2.12. The summed E-state index contributed by atoms with van der Waals surface area (Å²) in [4.78, 5) is 0. The summed E-state index contributed by atoms with van der Waals surface area (Å²) < 4.78 is 0. The van der Waals surface area contributed by atoms with Gasteiger partial charge in [0.05, 0.1) is 5.66 Å². The van der Waals surface area contributed by atoms with Gasteiger partial charge in [0.1, 0.15) is 0 Å². The molecule has 0 aliphatic rings. The van der Waals surface area contributed by atoms with Gasteiger partial charge in [0.15, 0.2) is 0 Å². The largest absolute Gasteiger partial charge is 0.314 e. The molecule has 0 atom stereocenters. The Bertz CT molecular complexity index is 111. The second-order valence-corrected chi connectivity index (χ2v) is 4.10. The van der Waals surface area contributed by atoms with Crippen LogP contribution in [0.2, 0.25) is 0 Å². The summed E-state index contributed by atoms with van der Waals surface area (Å²) in [7, 11) is 0. The molecule has 0 aromatic carbocycles. The number of hydrogen-bond acceptors (Lipinski definition) is 2. The molecule has 0 bridgehead atoms. The van der Waals surface area contributed by atoms with Gasteiger partial charge in [0, 0.05) is 0 Å². The van der Waals surface area contributed by atoms with E-state index < -0.39 is 5.66 Å². The minimum Gasteiger partial charge on any atom is -0.314 e. The van der Waals surface area contributed by atoms with Crippen LogP contribution in [0.25, 0.3) is 0 Å². The molecule has 0 aliphatic heterocycles. The van der Waals surface area contributed by atoms with Crippen LogP contribution in [-0.2, 0) is 0 Å². The summed E-state index contributed by atoms with van der Waals surface area (Å²) in [6.07, 6.45) is 9.70. The van der Waals surface area contributed by atoms with Crippen molar-refractivity contribution in [2.75, 3.05) is 0 Å². The van der Waals surface area contributed by atoms with Crippen LogP contribution in [0, 0.1) is 0 Å². The topological polar surface area (TPSA) is 52.0 Å². The van der Waals surface area contributed by atoms with Crippen LogP contribution in [0.3, 0.4) is 0 Å². The number of unbranched alkanes of at least 4 members (excludes halogenated alkanes) is 5. The molecular weight excluding hydrogens is 160 g/mol. The maximum atomic E-state index is 5.83. The molecule has 0 radical (unpaired) electrons. The molecule has 4 N–H and O–H groups in total. The van der Waals surface area contributed by atoms with Crippen molar-refractivity contribution in [3.8, 4) is 0 Å². The van der Waals surface area contributed by atoms with Crippen LogP contribution in [0.5, 0.6) is 0 Å². The summed E-state index contributed by atoms with van der Waals surface area (Å²) >= 11 is 0. The van der Waals surface area contributed by atoms with E-state index in [9.17, 15) is 0 Å². The van der Waals surface area contributed by atoms with Crippen LogP contribution in [0.1, 0.15) is 65.2 Å². The van der Waals surface area contributed by atoms with Crippen molar-refractivity contribution < 1.29 is 0 Å². The van der Waals surface area contributed by atoms with Gasteiger partial charge in [-0.1, -0.05) is 52.4 Å². The highest BCUT2D eigenvalue weighted by Gasteiger charge is 2.14. The highest BCUT2D eigenvalue weighted by molar-refractivity contribution is 4.73. The Hall–Kier alpha value is -0.0800. The monoisotopic (exact) mass is 186 g/mol. The number of nitrogens with two attached hydrogens (primary N) is 2. The number of hydrogen-bond donors (Lipinski definition) is 2. The van der Waals surface area contributed by atoms with Crippen molar-refractivity contribution in [1.29, 1.82) is 0 Å². The molecule has 0 aromatic rings. The van der Waals surface area contributed by atoms with Crippen molar-refractivity contribution >= 4 is 0 Å². The molecule has 0 amide bonds. The molecule has 2 nitrogen and oxygen atoms in total. The van der Waals surface area contributed by atoms with Crippen LogP contribution < -0.4 is 11.5 Å². The van der Waals surface area contributed by atoms with Gasteiger partial charge < -0.3 is 11.5 Å². The van der Waals surface area contributed by atoms with Gasteiger partial charge in [-0.3, -0.25) is 0 Å². The van der Waals surface area contributed by atoms with Gasteiger partial charge in [-0.2, -0.15) is 0 Å². The second kappa shape index (κ2) is 7.34. The average molecular weight is 186 g/mol. The molecule has 0 saturated carbocycles. The molecule has 0 saturated heterocycles. The fourth-order valence-electron chi connectivity index (χ4n) is 1.41. The maximum absolute atomic E-state index is 5.83. The maximum Gasteiger partial charge on any atom is 0.0633 e. The van der Waals surface area contributed by atoms with E-state index in [2.05, 4.69) is 13.8 Å². The van der Waals surface area contributed by atoms with Crippen molar-refractivity contribution in [1.82, 2.24) is 0 Å². The lowest BCUT2D eigenvalue weighted by Crippen LogP contribution is -2.48. The molecule has 0 heterocycles. The summed E-state index contributed by atoms with van der Waals surface area (Å²) in [5.41, 5.74) is 11.3. The van der Waals surface area contributed by atoms with E-state index >= 15 is 0 Å². The summed E-state index contributed by atoms with van der Waals surface area (Å²) in [5.74, 6) is 0. The summed E-state index contributed by atoms with van der Waals surface area (Å²) in [6, 6.07) is 0. The van der Waals surface area contributed by atoms with E-state index in [1.807, 2.05) is 0 Å². The van der Waals surface area contributed by atoms with Gasteiger partial charge >= 0.3 is 0 Å². The van der Waals surface area contributed by atoms with E-state index in [0.29, 0.717) is 0 Å². The molecule has 2 heteroatoms. The molecule has 0 aliphatic carbocycles. The standard InChI is InChI=1S/C11H26N2/c1-3-5-6-7-8-9-10-11(12,13)4-2/h3-10,12-13H2,1-2H3. The van der Waals surface area contributed by atoms with Crippen molar-refractivity contribution in [2.24, 2.45) is 11.5 Å². The normalized spacial score (nSPS) is 12.0. The molecule has 13 heavy (non-hydrogen) atoms. The first kappa shape index (κ1) is 12.9. The lowest BCUT2D eigenvalue weighted by molar-refractivity contribution is 0.374. The smallest absolute Gasteiger partial charge is 0.0633 e. The first-order chi connectivity index (χ1) is 6.12. The molecule has 0 aromatic heterocycles. The van der Waals surface area contributed by atoms with E-state index in [4.69, 9.17) is 11.5 Å². The van der Waals surface area contributed by atoms with Gasteiger partial charge in [0.25, 0.3) is 0 Å². The Morgan fingerprint density at radius 1 is 0.846 bits per heavy atom. The summed E-state index contributed by atoms with van der Waals surface area (Å²) in [6.45, 7) is 4.29. The van der Waals surface area contributed by atoms with Crippen LogP contribution >= 0.6 is 0 Å². The number of rotatable bonds is 8. The van der Waals surface area contributed by atoms with Crippen LogP contribution in [-0.4, -0.2) is 5.66 Å². The first-order valence-electron chi connectivity index (χ1n) is 5.70. The van der Waals surface area contributed by atoms with E-state index in [1.165, 1.54) is 38.5 Å². The van der Waals surface area contributed by atoms with Crippen molar-refractivity contribution in [3.63, 3.8) is 0 Å². The molecule has 0 unspecified atom stereocenters. The first-order valence-corrected chi connectivity index (χ1v) is 5.70.